The Morgan fingerprint density at radius 3 is 2.88 bits per heavy atom. The van der Waals surface area contributed by atoms with E-state index in [1.807, 2.05) is 23.9 Å². The summed E-state index contributed by atoms with van der Waals surface area (Å²) in [4.78, 5) is 7.03. The number of rotatable bonds is 3. The topological polar surface area (TPSA) is 21.6 Å². The van der Waals surface area contributed by atoms with Gasteiger partial charge in [0.25, 0.3) is 0 Å². The Hall–Kier alpha value is -1.42. The standard InChI is InChI=1S/C19H15Cl2NOS/c20-14-6-5-13(16(21)10-14)11-23-22-17-7-8-24-18-9-12-3-1-2-4-15(12)19(17)18/h1-6,10H,7-9,11H2/b22-17+. The fourth-order valence-corrected chi connectivity index (χ4v) is 4.71. The Morgan fingerprint density at radius 2 is 2.00 bits per heavy atom. The molecule has 1 aliphatic heterocycles. The summed E-state index contributed by atoms with van der Waals surface area (Å²) in [5.74, 6) is 1.05. The minimum Gasteiger partial charge on any atom is -0.391 e. The van der Waals surface area contributed by atoms with E-state index in [0.717, 1.165) is 29.9 Å². The van der Waals surface area contributed by atoms with E-state index in [4.69, 9.17) is 28.0 Å². The van der Waals surface area contributed by atoms with Crippen molar-refractivity contribution in [3.05, 3.63) is 74.1 Å². The van der Waals surface area contributed by atoms with Crippen LogP contribution in [0.25, 0.3) is 5.57 Å². The zero-order valence-electron chi connectivity index (χ0n) is 12.9. The second-order valence-electron chi connectivity index (χ2n) is 5.78. The maximum absolute atomic E-state index is 6.18. The van der Waals surface area contributed by atoms with E-state index in [-0.39, 0.29) is 0 Å². The first-order chi connectivity index (χ1) is 11.7. The lowest BCUT2D eigenvalue weighted by molar-refractivity contribution is 0.130. The Kier molecular flexibility index (Phi) is 4.57. The maximum atomic E-state index is 6.18. The molecule has 0 aromatic heterocycles. The Morgan fingerprint density at radius 1 is 1.12 bits per heavy atom. The van der Waals surface area contributed by atoms with Gasteiger partial charge in [0.2, 0.25) is 0 Å². The van der Waals surface area contributed by atoms with Crippen LogP contribution in [-0.2, 0) is 17.9 Å². The molecule has 0 radical (unpaired) electrons. The molecule has 24 heavy (non-hydrogen) atoms. The lowest BCUT2D eigenvalue weighted by Gasteiger charge is -2.16. The van der Waals surface area contributed by atoms with E-state index in [1.165, 1.54) is 21.6 Å². The van der Waals surface area contributed by atoms with Gasteiger partial charge in [0, 0.05) is 39.8 Å². The summed E-state index contributed by atoms with van der Waals surface area (Å²) in [6, 6.07) is 14.0. The van der Waals surface area contributed by atoms with Crippen LogP contribution in [0.4, 0.5) is 0 Å². The van der Waals surface area contributed by atoms with Gasteiger partial charge in [-0.15, -0.1) is 11.8 Å². The average molecular weight is 376 g/mol. The van der Waals surface area contributed by atoms with E-state index >= 15 is 0 Å². The predicted molar refractivity (Wildman–Crippen MR) is 103 cm³/mol. The smallest absolute Gasteiger partial charge is 0.143 e. The molecule has 2 aromatic carbocycles. The predicted octanol–water partition coefficient (Wildman–Crippen LogP) is 5.97. The highest BCUT2D eigenvalue weighted by molar-refractivity contribution is 8.03. The van der Waals surface area contributed by atoms with Crippen molar-refractivity contribution in [1.29, 1.82) is 0 Å². The zero-order chi connectivity index (χ0) is 16.5. The number of halogens is 2. The summed E-state index contributed by atoms with van der Waals surface area (Å²) in [7, 11) is 0. The van der Waals surface area contributed by atoms with Crippen LogP contribution in [0, 0.1) is 0 Å². The third-order valence-electron chi connectivity index (χ3n) is 4.23. The number of thioether (sulfide) groups is 1. The number of oxime groups is 1. The quantitative estimate of drug-likeness (QED) is 0.616. The highest BCUT2D eigenvalue weighted by atomic mass is 35.5. The number of hydrogen-bond acceptors (Lipinski definition) is 3. The lowest BCUT2D eigenvalue weighted by atomic mass is 10.0. The summed E-state index contributed by atoms with van der Waals surface area (Å²) in [5.41, 5.74) is 5.87. The van der Waals surface area contributed by atoms with E-state index in [0.29, 0.717) is 16.7 Å². The fourth-order valence-electron chi connectivity index (χ4n) is 3.08. The molecular formula is C19H15Cl2NOS. The van der Waals surface area contributed by atoms with E-state index in [2.05, 4.69) is 29.4 Å². The van der Waals surface area contributed by atoms with Gasteiger partial charge >= 0.3 is 0 Å². The third-order valence-corrected chi connectivity index (χ3v) is 5.92. The molecule has 0 spiro atoms. The molecule has 1 aliphatic carbocycles. The second kappa shape index (κ2) is 6.83. The normalized spacial score (nSPS) is 17.8. The van der Waals surface area contributed by atoms with Crippen LogP contribution in [0.15, 0.2) is 52.5 Å². The van der Waals surface area contributed by atoms with Gasteiger partial charge in [0.1, 0.15) is 6.61 Å². The lowest BCUT2D eigenvalue weighted by Crippen LogP contribution is -2.09. The first-order valence-electron chi connectivity index (χ1n) is 7.80. The van der Waals surface area contributed by atoms with Gasteiger partial charge in [-0.25, -0.2) is 0 Å². The highest BCUT2D eigenvalue weighted by Crippen LogP contribution is 2.43. The average Bonchev–Trinajstić information content (AvgIpc) is 2.96. The molecule has 122 valence electrons. The molecular weight excluding hydrogens is 361 g/mol. The van der Waals surface area contributed by atoms with Crippen molar-refractivity contribution in [3.63, 3.8) is 0 Å². The van der Waals surface area contributed by atoms with Gasteiger partial charge in [-0.1, -0.05) is 58.7 Å². The molecule has 0 saturated carbocycles. The van der Waals surface area contributed by atoms with Gasteiger partial charge in [-0.05, 0) is 28.2 Å². The fraction of sp³-hybridized carbons (Fsp3) is 0.211. The molecule has 0 unspecified atom stereocenters. The molecule has 4 rings (SSSR count). The van der Waals surface area contributed by atoms with Crippen molar-refractivity contribution >= 4 is 46.2 Å². The van der Waals surface area contributed by atoms with Gasteiger partial charge in [0.15, 0.2) is 0 Å². The van der Waals surface area contributed by atoms with Crippen molar-refractivity contribution in [1.82, 2.24) is 0 Å². The monoisotopic (exact) mass is 375 g/mol. The molecule has 0 fully saturated rings. The maximum Gasteiger partial charge on any atom is 0.143 e. The largest absolute Gasteiger partial charge is 0.391 e. The van der Waals surface area contributed by atoms with Gasteiger partial charge in [0.05, 0.1) is 5.71 Å². The summed E-state index contributed by atoms with van der Waals surface area (Å²) in [6.45, 7) is 0.344. The van der Waals surface area contributed by atoms with Crippen molar-refractivity contribution in [2.75, 3.05) is 5.75 Å². The van der Waals surface area contributed by atoms with Crippen molar-refractivity contribution < 1.29 is 4.84 Å². The molecule has 5 heteroatoms. The van der Waals surface area contributed by atoms with Crippen LogP contribution in [-0.4, -0.2) is 11.5 Å². The number of benzene rings is 2. The minimum absolute atomic E-state index is 0.344. The molecule has 0 bridgehead atoms. The van der Waals surface area contributed by atoms with Crippen molar-refractivity contribution in [2.24, 2.45) is 5.16 Å². The third kappa shape index (κ3) is 3.08. The Bertz CT molecular complexity index is 860. The molecule has 0 N–H and O–H groups in total. The zero-order valence-corrected chi connectivity index (χ0v) is 15.2. The Balaban J connectivity index is 1.55. The summed E-state index contributed by atoms with van der Waals surface area (Å²) >= 11 is 14.0. The molecule has 2 nitrogen and oxygen atoms in total. The molecule has 0 amide bonds. The van der Waals surface area contributed by atoms with Crippen LogP contribution in [0.5, 0.6) is 0 Å². The van der Waals surface area contributed by atoms with Crippen LogP contribution in [0.3, 0.4) is 0 Å². The van der Waals surface area contributed by atoms with E-state index < -0.39 is 0 Å². The SMILES string of the molecule is Clc1ccc(CO/N=C2\CCSC3=C2c2ccccc2C3)c(Cl)c1. The Labute approximate surface area is 155 Å². The minimum atomic E-state index is 0.344. The van der Waals surface area contributed by atoms with Crippen molar-refractivity contribution in [2.45, 2.75) is 19.4 Å². The first-order valence-corrected chi connectivity index (χ1v) is 9.54. The molecule has 2 aromatic rings. The number of hydrogen-bond donors (Lipinski definition) is 0. The van der Waals surface area contributed by atoms with E-state index in [1.54, 1.807) is 6.07 Å². The first kappa shape index (κ1) is 16.1. The van der Waals surface area contributed by atoms with Crippen LogP contribution >= 0.6 is 35.0 Å². The number of allylic oxidation sites excluding steroid dienone is 2. The number of nitrogens with zero attached hydrogens (tertiary/aromatic N) is 1. The molecule has 0 atom stereocenters. The summed E-state index contributed by atoms with van der Waals surface area (Å²) < 4.78 is 0. The van der Waals surface area contributed by atoms with Gasteiger partial charge < -0.3 is 4.84 Å². The molecule has 0 saturated heterocycles. The van der Waals surface area contributed by atoms with Crippen LogP contribution in [0.2, 0.25) is 10.0 Å². The summed E-state index contributed by atoms with van der Waals surface area (Å²) in [6.07, 6.45) is 1.93. The number of fused-ring (bicyclic) bond motifs is 2. The van der Waals surface area contributed by atoms with Gasteiger partial charge in [-0.3, -0.25) is 0 Å². The highest BCUT2D eigenvalue weighted by Gasteiger charge is 2.28. The second-order valence-corrected chi connectivity index (χ2v) is 7.81. The van der Waals surface area contributed by atoms with E-state index in [9.17, 15) is 0 Å². The van der Waals surface area contributed by atoms with Crippen LogP contribution in [0.1, 0.15) is 23.1 Å². The van der Waals surface area contributed by atoms with Crippen molar-refractivity contribution in [3.8, 4) is 0 Å². The summed E-state index contributed by atoms with van der Waals surface area (Å²) in [5, 5.41) is 5.66. The molecule has 1 heterocycles. The molecule has 2 aliphatic rings. The van der Waals surface area contributed by atoms with Crippen LogP contribution < -0.4 is 0 Å². The van der Waals surface area contributed by atoms with Gasteiger partial charge in [-0.2, -0.15) is 0 Å².